The van der Waals surface area contributed by atoms with Gasteiger partial charge in [0.15, 0.2) is 18.1 Å². The molecule has 1 spiro atoms. The van der Waals surface area contributed by atoms with Crippen LogP contribution in [-0.2, 0) is 19.1 Å². The summed E-state index contributed by atoms with van der Waals surface area (Å²) in [5.41, 5.74) is 0.128. The van der Waals surface area contributed by atoms with Crippen LogP contribution in [0.25, 0.3) is 0 Å². The molecule has 2 aliphatic rings. The molecule has 1 amide bonds. The van der Waals surface area contributed by atoms with E-state index in [-0.39, 0.29) is 18.1 Å². The number of methoxy groups -OCH3 is 2. The highest BCUT2D eigenvalue weighted by atomic mass is 19.4. The van der Waals surface area contributed by atoms with Crippen molar-refractivity contribution in [3.05, 3.63) is 24.3 Å². The number of aliphatic carboxylic acids is 2. The van der Waals surface area contributed by atoms with Gasteiger partial charge in [-0.25, -0.2) is 9.59 Å². The quantitative estimate of drug-likeness (QED) is 0.503. The molecule has 2 fully saturated rings. The lowest BCUT2D eigenvalue weighted by Gasteiger charge is -2.51. The zero-order valence-electron chi connectivity index (χ0n) is 20.6. The predicted molar refractivity (Wildman–Crippen MR) is 118 cm³/mol. The van der Waals surface area contributed by atoms with Gasteiger partial charge in [0.2, 0.25) is 0 Å². The van der Waals surface area contributed by atoms with Gasteiger partial charge in [-0.1, -0.05) is 12.1 Å². The molecule has 0 radical (unpaired) electrons. The van der Waals surface area contributed by atoms with E-state index in [0.717, 1.165) is 32.7 Å². The van der Waals surface area contributed by atoms with Gasteiger partial charge in [0.05, 0.1) is 19.3 Å². The molecule has 0 aromatic heterocycles. The molecule has 16 heteroatoms. The number of likely N-dealkylation sites (N-methyl/N-ethyl adjacent to an activating group) is 1. The largest absolute Gasteiger partial charge is 0.493 e. The second kappa shape index (κ2) is 13.5. The summed E-state index contributed by atoms with van der Waals surface area (Å²) in [6.07, 6.45) is -9.07. The highest BCUT2D eigenvalue weighted by molar-refractivity contribution is 5.79. The summed E-state index contributed by atoms with van der Waals surface area (Å²) >= 11 is 0. The van der Waals surface area contributed by atoms with Crippen molar-refractivity contribution in [2.24, 2.45) is 5.92 Å². The number of hydrogen-bond donors (Lipinski definition) is 2. The van der Waals surface area contributed by atoms with Gasteiger partial charge in [0.1, 0.15) is 0 Å². The molecule has 10 nitrogen and oxygen atoms in total. The number of amides is 1. The molecule has 38 heavy (non-hydrogen) atoms. The van der Waals surface area contributed by atoms with Crippen molar-refractivity contribution in [2.75, 3.05) is 54.1 Å². The van der Waals surface area contributed by atoms with Crippen molar-refractivity contribution in [3.8, 4) is 11.5 Å². The normalized spacial score (nSPS) is 18.3. The Morgan fingerprint density at radius 2 is 1.45 bits per heavy atom. The Morgan fingerprint density at radius 1 is 0.974 bits per heavy atom. The van der Waals surface area contributed by atoms with Crippen LogP contribution < -0.4 is 9.47 Å². The minimum Gasteiger partial charge on any atom is -0.493 e. The van der Waals surface area contributed by atoms with E-state index in [1.807, 2.05) is 29.2 Å². The standard InChI is InChI=1S/C18H26N2O4.2C2HF3O2/c1-19-9-14(10-22-2)8-18(19)12-20(13-18)17(21)11-24-16-7-5-4-6-15(16)23-3;2*3-2(4,5)1(6)7/h4-7,14H,8-13H2,1-3H3;2*(H,6,7). The molecule has 1 unspecified atom stereocenters. The summed E-state index contributed by atoms with van der Waals surface area (Å²) in [6, 6.07) is 7.37. The summed E-state index contributed by atoms with van der Waals surface area (Å²) in [4.78, 5) is 34.4. The number of hydrogen-bond acceptors (Lipinski definition) is 7. The van der Waals surface area contributed by atoms with E-state index in [2.05, 4.69) is 11.9 Å². The zero-order valence-corrected chi connectivity index (χ0v) is 20.6. The fourth-order valence-electron chi connectivity index (χ4n) is 3.87. The smallest absolute Gasteiger partial charge is 0.490 e. The average Bonchev–Trinajstić information content (AvgIpc) is 3.12. The first kappa shape index (κ1) is 32.8. The summed E-state index contributed by atoms with van der Waals surface area (Å²) in [7, 11) is 5.48. The Kier molecular flexibility index (Phi) is 11.6. The molecule has 1 aromatic rings. The third-order valence-electron chi connectivity index (χ3n) is 5.64. The second-order valence-electron chi connectivity index (χ2n) is 8.43. The molecule has 3 rings (SSSR count). The summed E-state index contributed by atoms with van der Waals surface area (Å²) in [6.45, 7) is 3.42. The zero-order chi connectivity index (χ0) is 29.3. The van der Waals surface area contributed by atoms with E-state index < -0.39 is 24.3 Å². The number of carboxylic acid groups (broad SMARTS) is 2. The molecule has 0 aliphatic carbocycles. The van der Waals surface area contributed by atoms with Crippen LogP contribution in [0.15, 0.2) is 24.3 Å². The van der Waals surface area contributed by atoms with E-state index in [1.165, 1.54) is 0 Å². The van der Waals surface area contributed by atoms with Crippen LogP contribution in [0.2, 0.25) is 0 Å². The molecular formula is C22H28F6N2O8. The van der Waals surface area contributed by atoms with Crippen molar-refractivity contribution in [2.45, 2.75) is 24.3 Å². The van der Waals surface area contributed by atoms with Crippen molar-refractivity contribution in [1.29, 1.82) is 0 Å². The van der Waals surface area contributed by atoms with Gasteiger partial charge in [0, 0.05) is 26.7 Å². The van der Waals surface area contributed by atoms with Crippen LogP contribution in [0.4, 0.5) is 26.3 Å². The first-order valence-electron chi connectivity index (χ1n) is 10.8. The van der Waals surface area contributed by atoms with Crippen LogP contribution in [-0.4, -0.2) is 110 Å². The number of carboxylic acids is 2. The highest BCUT2D eigenvalue weighted by Crippen LogP contribution is 2.39. The third kappa shape index (κ3) is 9.55. The van der Waals surface area contributed by atoms with Gasteiger partial charge in [-0.3, -0.25) is 9.69 Å². The lowest BCUT2D eigenvalue weighted by molar-refractivity contribution is -0.193. The Balaban J connectivity index is 0.000000426. The molecule has 0 bridgehead atoms. The van der Waals surface area contributed by atoms with Crippen LogP contribution in [0.1, 0.15) is 6.42 Å². The molecular weight excluding hydrogens is 534 g/mol. The number of para-hydroxylation sites is 2. The minimum absolute atomic E-state index is 0.0233. The Bertz CT molecular complexity index is 927. The molecule has 2 saturated heterocycles. The number of carbonyl (C=O) groups excluding carboxylic acids is 1. The van der Waals surface area contributed by atoms with E-state index in [9.17, 15) is 31.1 Å². The third-order valence-corrected chi connectivity index (χ3v) is 5.64. The van der Waals surface area contributed by atoms with Gasteiger partial charge < -0.3 is 29.3 Å². The molecule has 2 N–H and O–H groups in total. The Morgan fingerprint density at radius 3 is 1.87 bits per heavy atom. The maximum absolute atomic E-state index is 12.4. The van der Waals surface area contributed by atoms with Crippen molar-refractivity contribution in [3.63, 3.8) is 0 Å². The highest BCUT2D eigenvalue weighted by Gasteiger charge is 2.53. The van der Waals surface area contributed by atoms with Crippen LogP contribution in [0.3, 0.4) is 0 Å². The minimum atomic E-state index is -5.08. The van der Waals surface area contributed by atoms with Crippen molar-refractivity contribution < 1.29 is 65.1 Å². The summed E-state index contributed by atoms with van der Waals surface area (Å²) in [5, 5.41) is 14.2. The summed E-state index contributed by atoms with van der Waals surface area (Å²) in [5.74, 6) is -3.69. The van der Waals surface area contributed by atoms with Crippen molar-refractivity contribution in [1.82, 2.24) is 9.80 Å². The molecule has 1 aromatic carbocycles. The second-order valence-corrected chi connectivity index (χ2v) is 8.43. The van der Waals surface area contributed by atoms with E-state index in [0.29, 0.717) is 17.4 Å². The lowest BCUT2D eigenvalue weighted by atomic mass is 9.84. The molecule has 216 valence electrons. The van der Waals surface area contributed by atoms with Crippen LogP contribution in [0.5, 0.6) is 11.5 Å². The molecule has 2 aliphatic heterocycles. The van der Waals surface area contributed by atoms with Crippen LogP contribution in [0, 0.1) is 5.92 Å². The molecule has 0 saturated carbocycles. The molecule has 1 atom stereocenters. The van der Waals surface area contributed by atoms with E-state index in [4.69, 9.17) is 34.0 Å². The lowest BCUT2D eigenvalue weighted by Crippen LogP contribution is -2.68. The number of ether oxygens (including phenoxy) is 3. The maximum atomic E-state index is 12.4. The van der Waals surface area contributed by atoms with Crippen LogP contribution >= 0.6 is 0 Å². The summed E-state index contributed by atoms with van der Waals surface area (Å²) < 4.78 is 79.6. The van der Waals surface area contributed by atoms with Gasteiger partial charge in [-0.05, 0) is 31.5 Å². The Labute approximate surface area is 213 Å². The first-order chi connectivity index (χ1) is 17.5. The number of halogens is 6. The Hall–Kier alpha value is -3.27. The molecule has 2 heterocycles. The maximum Gasteiger partial charge on any atom is 0.490 e. The topological polar surface area (TPSA) is 126 Å². The fourth-order valence-corrected chi connectivity index (χ4v) is 3.87. The van der Waals surface area contributed by atoms with Gasteiger partial charge in [-0.15, -0.1) is 0 Å². The van der Waals surface area contributed by atoms with E-state index >= 15 is 0 Å². The van der Waals surface area contributed by atoms with Crippen molar-refractivity contribution >= 4 is 17.8 Å². The first-order valence-corrected chi connectivity index (χ1v) is 10.8. The number of alkyl halides is 6. The fraction of sp³-hybridized carbons (Fsp3) is 0.591. The van der Waals surface area contributed by atoms with Gasteiger partial charge in [0.25, 0.3) is 5.91 Å². The van der Waals surface area contributed by atoms with Gasteiger partial charge >= 0.3 is 24.3 Å². The number of nitrogens with zero attached hydrogens (tertiary/aromatic N) is 2. The van der Waals surface area contributed by atoms with E-state index in [1.54, 1.807) is 14.2 Å². The number of rotatable bonds is 6. The number of benzene rings is 1. The predicted octanol–water partition coefficient (Wildman–Crippen LogP) is 2.52. The number of carbonyl (C=O) groups is 3. The monoisotopic (exact) mass is 562 g/mol. The number of likely N-dealkylation sites (tertiary alicyclic amines) is 2. The van der Waals surface area contributed by atoms with Gasteiger partial charge in [-0.2, -0.15) is 26.3 Å². The average molecular weight is 562 g/mol. The SMILES string of the molecule is COCC1CN(C)C2(C1)CN(C(=O)COc1ccccc1OC)C2.O=C(O)C(F)(F)F.O=C(O)C(F)(F)F.